The van der Waals surface area contributed by atoms with E-state index in [4.69, 9.17) is 48.7 Å². The molecule has 3 saturated heterocycles. The quantitative estimate of drug-likeness (QED) is 0.0996. The Labute approximate surface area is 776 Å². The van der Waals surface area contributed by atoms with Crippen LogP contribution in [0, 0.1) is 67.6 Å². The van der Waals surface area contributed by atoms with Gasteiger partial charge in [0.15, 0.2) is 0 Å². The number of nitrogens with zero attached hydrogens (tertiary/aromatic N) is 10. The lowest BCUT2D eigenvalue weighted by atomic mass is 9.82. The number of sulfonamides is 3. The van der Waals surface area contributed by atoms with E-state index in [1.54, 1.807) is 100 Å². The molecule has 6 fully saturated rings. The van der Waals surface area contributed by atoms with E-state index in [0.29, 0.717) is 109 Å². The summed E-state index contributed by atoms with van der Waals surface area (Å²) >= 11 is 3.45. The van der Waals surface area contributed by atoms with Crippen LogP contribution in [-0.4, -0.2) is 213 Å². The summed E-state index contributed by atoms with van der Waals surface area (Å²) in [5.41, 5.74) is 1.55. The molecule has 3 spiro atoms. The SMILES string of the molecule is C=CS(=O)(=O)N1CCC2(CC1)N=C(C1CCC(C)CC1)NC2=O.CC.CC#N.COc1cc(N(C)C(=O)OC(C)(C)C)cc(C)c1/C=C/S(=O)(=O)N1CCC2(CC1)N=C(C1CCC(C)CC1)NC2=O.COc1cc(N(C)C(=O)OC(C)(C)C)cc(C)c1Br.COc1cc(N(C)C(=O)OC(C)(C)C)cc(C)c1CCS(=O)(=O)N1CCC2(CC1)N=C(C1CCC(C)CC1)NC2=O. The molecule has 0 aromatic heterocycles. The summed E-state index contributed by atoms with van der Waals surface area (Å²) in [5, 5.41) is 18.5. The van der Waals surface area contributed by atoms with E-state index in [2.05, 4.69) is 59.2 Å². The molecule has 129 heavy (non-hydrogen) atoms. The molecule has 6 aliphatic heterocycles. The standard InChI is InChI=1S/C30H46N4O6S.C30H44N4O6S.C16H25N3O3S.C14H20BrNO3.C2H3N.C2H6/c2*1-20-8-10-22(11-9-20)26-31-27(35)30(32-26)13-15-34(16-14-30)41(37,38)17-12-24-21(2)18-23(19-25(24)39-7)33(6)28(36)40-29(3,4)5;1-3-23(21,22)19-10-8-16(9-11-19)15(20)17-14(18-16)13-6-4-12(2)5-7-13;1-9-7-10(8-11(18-6)12(9)15)16(5)13(17)19-14(2,3)4;1-2-3;1-2/h18-20,22H,8-17H2,1-7H3,(H,31,32,35);12,17-20,22H,8-11,13-16H2,1-7H3,(H,31,32,35);3,12-13H,1,4-11H2,2H3,(H,17,18,20);7-8H,1-6H3;1H3;1-2H3/b;17-12+;;;;. The average molecular weight is 1920 g/mol. The average Bonchev–Trinajstić information content (AvgIpc) is 1.64. The summed E-state index contributed by atoms with van der Waals surface area (Å²) in [5.74, 6) is 6.86. The van der Waals surface area contributed by atoms with E-state index in [0.717, 1.165) is 125 Å². The van der Waals surface area contributed by atoms with Crippen molar-refractivity contribution in [2.75, 3.05) is 102 Å². The van der Waals surface area contributed by atoms with E-state index < -0.39 is 81.8 Å². The zero-order chi connectivity index (χ0) is 96.5. The lowest BCUT2D eigenvalue weighted by Gasteiger charge is -2.34. The first-order valence-electron chi connectivity index (χ1n) is 45.1. The third kappa shape index (κ3) is 28.5. The number of anilines is 3. The zero-order valence-electron chi connectivity index (χ0n) is 80.7. The second-order valence-corrected chi connectivity index (χ2v) is 44.7. The number of piperidine rings is 3. The first-order valence-corrected chi connectivity index (χ1v) is 50.6. The van der Waals surface area contributed by atoms with E-state index in [9.17, 15) is 54.0 Å². The predicted molar refractivity (Wildman–Crippen MR) is 513 cm³/mol. The molecule has 12 rings (SSSR count). The number of aryl methyl sites for hydroxylation is 3. The minimum atomic E-state index is -3.75. The van der Waals surface area contributed by atoms with Crippen molar-refractivity contribution in [3.8, 4) is 23.3 Å². The molecule has 9 aliphatic rings. The number of hydrogen-bond donors (Lipinski definition) is 3. The van der Waals surface area contributed by atoms with E-state index in [-0.39, 0.29) is 62.0 Å². The number of amidine groups is 3. The molecular formula is C94H144BrN13O18S3. The van der Waals surface area contributed by atoms with Crippen molar-refractivity contribution in [1.29, 1.82) is 5.26 Å². The molecule has 35 heteroatoms. The Balaban J connectivity index is 0.000000242. The summed E-state index contributed by atoms with van der Waals surface area (Å²) in [7, 11) is -1.20. The van der Waals surface area contributed by atoms with E-state index in [1.807, 2.05) is 67.5 Å². The van der Waals surface area contributed by atoms with Crippen LogP contribution in [0.1, 0.15) is 247 Å². The normalized spacial score (nSPS) is 22.2. The van der Waals surface area contributed by atoms with Gasteiger partial charge in [0.25, 0.3) is 17.7 Å². The second kappa shape index (κ2) is 45.3. The highest BCUT2D eigenvalue weighted by atomic mass is 79.9. The van der Waals surface area contributed by atoms with Crippen molar-refractivity contribution in [3.63, 3.8) is 0 Å². The largest absolute Gasteiger partial charge is 0.496 e. The van der Waals surface area contributed by atoms with Gasteiger partial charge < -0.3 is 44.4 Å². The van der Waals surface area contributed by atoms with Gasteiger partial charge >= 0.3 is 18.3 Å². The summed E-state index contributed by atoms with van der Waals surface area (Å²) in [6.45, 7) is 39.2. The highest BCUT2D eigenvalue weighted by Gasteiger charge is 2.52. The van der Waals surface area contributed by atoms with Crippen LogP contribution in [0.3, 0.4) is 0 Å². The monoisotopic (exact) mass is 1920 g/mol. The number of nitriles is 1. The van der Waals surface area contributed by atoms with Gasteiger partial charge in [0.2, 0.25) is 30.1 Å². The number of rotatable bonds is 18. The Morgan fingerprint density at radius 3 is 1.12 bits per heavy atom. The lowest BCUT2D eigenvalue weighted by molar-refractivity contribution is -0.125. The Morgan fingerprint density at radius 1 is 0.504 bits per heavy atom. The van der Waals surface area contributed by atoms with Crippen LogP contribution in [0.25, 0.3) is 6.08 Å². The highest BCUT2D eigenvalue weighted by molar-refractivity contribution is 9.10. The number of methoxy groups -OCH3 is 3. The van der Waals surface area contributed by atoms with Crippen LogP contribution >= 0.6 is 15.9 Å². The summed E-state index contributed by atoms with van der Waals surface area (Å²) in [6.07, 6.45) is 16.0. The molecule has 718 valence electrons. The van der Waals surface area contributed by atoms with Gasteiger partial charge in [0, 0.05) is 120 Å². The zero-order valence-corrected chi connectivity index (χ0v) is 84.7. The number of carbonyl (C=O) groups excluding carboxylic acids is 6. The van der Waals surface area contributed by atoms with Crippen molar-refractivity contribution in [2.24, 2.45) is 50.5 Å². The number of aliphatic imine (C=N–C) groups is 3. The predicted octanol–water partition coefficient (Wildman–Crippen LogP) is 16.6. The molecular weight excluding hydrogens is 1780 g/mol. The van der Waals surface area contributed by atoms with E-state index in [1.165, 1.54) is 73.1 Å². The van der Waals surface area contributed by atoms with Crippen LogP contribution < -0.4 is 44.9 Å². The van der Waals surface area contributed by atoms with Gasteiger partial charge in [0.1, 0.15) is 68.2 Å². The van der Waals surface area contributed by atoms with Crippen LogP contribution in [0.5, 0.6) is 17.2 Å². The fourth-order valence-electron chi connectivity index (χ4n) is 17.0. The van der Waals surface area contributed by atoms with Crippen LogP contribution in [0.15, 0.2) is 73.2 Å². The number of nitrogens with one attached hydrogen (secondary N) is 3. The molecule has 0 bridgehead atoms. The maximum Gasteiger partial charge on any atom is 0.414 e. The number of halogens is 1. The van der Waals surface area contributed by atoms with Gasteiger partial charge in [0.05, 0.1) is 54.7 Å². The Kier molecular flexibility index (Phi) is 37.7. The van der Waals surface area contributed by atoms with Gasteiger partial charge in [-0.05, 0) is 247 Å². The first-order chi connectivity index (χ1) is 60.2. The molecule has 6 heterocycles. The highest BCUT2D eigenvalue weighted by Crippen LogP contribution is 2.43. The minimum absolute atomic E-state index is 0.0539. The maximum atomic E-state index is 13.4. The van der Waals surface area contributed by atoms with Gasteiger partial charge in [-0.25, -0.2) is 43.9 Å². The van der Waals surface area contributed by atoms with Crippen molar-refractivity contribution in [1.82, 2.24) is 28.9 Å². The number of amides is 6. The molecule has 31 nitrogen and oxygen atoms in total. The summed E-state index contributed by atoms with van der Waals surface area (Å²) < 4.78 is 115. The molecule has 3 aliphatic carbocycles. The van der Waals surface area contributed by atoms with Crippen molar-refractivity contribution < 1.29 is 82.4 Å². The molecule has 0 radical (unpaired) electrons. The Bertz CT molecular complexity index is 5000. The fraction of sp³-hybridized carbons (Fsp3) is 0.660. The molecule has 6 amide bonds. The van der Waals surface area contributed by atoms with Gasteiger partial charge in [-0.2, -0.15) is 13.9 Å². The molecule has 3 N–H and O–H groups in total. The second-order valence-electron chi connectivity index (χ2n) is 38.1. The van der Waals surface area contributed by atoms with Crippen LogP contribution in [0.2, 0.25) is 0 Å². The Hall–Kier alpha value is -8.53. The summed E-state index contributed by atoms with van der Waals surface area (Å²) in [4.78, 5) is 94.3. The van der Waals surface area contributed by atoms with Gasteiger partial charge in [-0.15, -0.1) is 0 Å². The Morgan fingerprint density at radius 2 is 0.798 bits per heavy atom. The molecule has 3 saturated carbocycles. The number of ether oxygens (including phenoxy) is 6. The number of benzene rings is 3. The minimum Gasteiger partial charge on any atom is -0.496 e. The first kappa shape index (κ1) is 108. The van der Waals surface area contributed by atoms with Crippen molar-refractivity contribution in [2.45, 2.75) is 280 Å². The maximum absolute atomic E-state index is 13.4. The van der Waals surface area contributed by atoms with Crippen molar-refractivity contribution >= 4 is 123 Å². The third-order valence-electron chi connectivity index (χ3n) is 25.0. The van der Waals surface area contributed by atoms with Gasteiger partial charge in [-0.1, -0.05) is 79.7 Å². The molecule has 3 aromatic rings. The lowest BCUT2D eigenvalue weighted by Crippen LogP contribution is -2.51. The van der Waals surface area contributed by atoms with Crippen LogP contribution in [0.4, 0.5) is 31.4 Å². The molecule has 0 unspecified atom stereocenters. The van der Waals surface area contributed by atoms with Crippen LogP contribution in [-0.2, 0) is 65.1 Å². The summed E-state index contributed by atoms with van der Waals surface area (Å²) in [6, 6.07) is 12.5. The number of carbonyl (C=O) groups is 6. The smallest absolute Gasteiger partial charge is 0.414 e. The topological polar surface area (TPSA) is 377 Å². The van der Waals surface area contributed by atoms with Crippen molar-refractivity contribution in [3.05, 3.63) is 86.1 Å². The van der Waals surface area contributed by atoms with Gasteiger partial charge in [-0.3, -0.25) is 44.1 Å². The third-order valence-corrected chi connectivity index (χ3v) is 30.9. The fourth-order valence-corrected chi connectivity index (χ4v) is 21.0. The number of hydrogen-bond acceptors (Lipinski definition) is 22. The molecule has 3 aromatic carbocycles. The van der Waals surface area contributed by atoms with E-state index >= 15 is 0 Å². The molecule has 0 atom stereocenters.